The van der Waals surface area contributed by atoms with Gasteiger partial charge in [-0.15, -0.1) is 21.5 Å². The van der Waals surface area contributed by atoms with Gasteiger partial charge in [0.2, 0.25) is 5.89 Å². The molecule has 3 heterocycles. The maximum atomic E-state index is 5.80. The van der Waals surface area contributed by atoms with Gasteiger partial charge in [-0.05, 0) is 35.5 Å². The second-order valence-electron chi connectivity index (χ2n) is 5.72. The Morgan fingerprint density at radius 1 is 0.815 bits per heavy atom. The summed E-state index contributed by atoms with van der Waals surface area (Å²) >= 11 is 3.00. The van der Waals surface area contributed by atoms with E-state index in [0.29, 0.717) is 11.1 Å². The van der Waals surface area contributed by atoms with E-state index in [4.69, 9.17) is 4.42 Å². The largest absolute Gasteiger partial charge is 0.411 e. The lowest BCUT2D eigenvalue weighted by Gasteiger charge is -1.97. The van der Waals surface area contributed by atoms with Crippen molar-refractivity contribution in [3.05, 3.63) is 73.1 Å². The second-order valence-corrected chi connectivity index (χ2v) is 7.69. The predicted molar refractivity (Wildman–Crippen MR) is 107 cm³/mol. The van der Waals surface area contributed by atoms with Crippen molar-refractivity contribution in [2.75, 3.05) is 0 Å². The minimum absolute atomic E-state index is 0.460. The lowest BCUT2D eigenvalue weighted by atomic mass is 10.2. The molecule has 0 unspecified atom stereocenters. The monoisotopic (exact) mass is 388 g/mol. The third-order valence-corrected chi connectivity index (χ3v) is 5.91. The van der Waals surface area contributed by atoms with Crippen molar-refractivity contribution < 1.29 is 4.42 Å². The fourth-order valence-electron chi connectivity index (χ4n) is 2.69. The standard InChI is InChI=1S/C20H12N4OS2/c1-3-7-13(8-4-1)16-11-15-18(26-16)21-12-22-19(15)27-20-24-23-17(25-20)14-9-5-2-6-10-14/h1-12H. The molecule has 27 heavy (non-hydrogen) atoms. The Kier molecular flexibility index (Phi) is 4.16. The normalized spacial score (nSPS) is 11.1. The fraction of sp³-hybridized carbons (Fsp3) is 0. The summed E-state index contributed by atoms with van der Waals surface area (Å²) in [5.74, 6) is 0.499. The molecule has 0 N–H and O–H groups in total. The minimum atomic E-state index is 0.460. The molecular weight excluding hydrogens is 376 g/mol. The van der Waals surface area contributed by atoms with Crippen molar-refractivity contribution in [2.24, 2.45) is 0 Å². The van der Waals surface area contributed by atoms with E-state index in [1.54, 1.807) is 17.7 Å². The van der Waals surface area contributed by atoms with Gasteiger partial charge in [0.05, 0.1) is 0 Å². The van der Waals surface area contributed by atoms with Crippen molar-refractivity contribution in [1.82, 2.24) is 20.2 Å². The van der Waals surface area contributed by atoms with E-state index < -0.39 is 0 Å². The van der Waals surface area contributed by atoms with Gasteiger partial charge in [-0.25, -0.2) is 9.97 Å². The van der Waals surface area contributed by atoms with Crippen molar-refractivity contribution in [3.63, 3.8) is 0 Å². The Morgan fingerprint density at radius 2 is 1.56 bits per heavy atom. The molecule has 130 valence electrons. The van der Waals surface area contributed by atoms with E-state index in [9.17, 15) is 0 Å². The minimum Gasteiger partial charge on any atom is -0.411 e. The maximum Gasteiger partial charge on any atom is 0.283 e. The summed E-state index contributed by atoms with van der Waals surface area (Å²) in [6, 6.07) is 22.1. The Labute approximate surface area is 163 Å². The lowest BCUT2D eigenvalue weighted by molar-refractivity contribution is 0.465. The molecule has 0 saturated carbocycles. The Bertz CT molecular complexity index is 1200. The Balaban J connectivity index is 1.49. The molecule has 0 aliphatic carbocycles. The van der Waals surface area contributed by atoms with Gasteiger partial charge in [-0.3, -0.25) is 0 Å². The highest BCUT2D eigenvalue weighted by molar-refractivity contribution is 7.99. The average Bonchev–Trinajstić information content (AvgIpc) is 3.37. The molecule has 7 heteroatoms. The number of hydrogen-bond acceptors (Lipinski definition) is 7. The first-order chi connectivity index (χ1) is 13.4. The molecule has 0 aliphatic heterocycles. The number of thiophene rings is 1. The van der Waals surface area contributed by atoms with Crippen LogP contribution in [0.3, 0.4) is 0 Å². The molecule has 0 amide bonds. The molecule has 3 aromatic heterocycles. The van der Waals surface area contributed by atoms with E-state index in [1.807, 2.05) is 48.5 Å². The van der Waals surface area contributed by atoms with E-state index in [0.717, 1.165) is 25.7 Å². The molecule has 0 radical (unpaired) electrons. The highest BCUT2D eigenvalue weighted by Gasteiger charge is 2.15. The number of nitrogens with zero attached hydrogens (tertiary/aromatic N) is 4. The summed E-state index contributed by atoms with van der Waals surface area (Å²) in [5, 5.41) is 10.5. The first-order valence-corrected chi connectivity index (χ1v) is 9.87. The van der Waals surface area contributed by atoms with E-state index in [2.05, 4.69) is 38.4 Å². The van der Waals surface area contributed by atoms with Crippen LogP contribution in [0.2, 0.25) is 0 Å². The van der Waals surface area contributed by atoms with Gasteiger partial charge in [0.15, 0.2) is 0 Å². The van der Waals surface area contributed by atoms with E-state index >= 15 is 0 Å². The number of rotatable bonds is 4. The molecule has 5 rings (SSSR count). The Hall–Kier alpha value is -3.03. The smallest absolute Gasteiger partial charge is 0.283 e. The molecule has 0 aliphatic rings. The molecule has 0 fully saturated rings. The quantitative estimate of drug-likeness (QED) is 0.376. The molecule has 0 atom stereocenters. The summed E-state index contributed by atoms with van der Waals surface area (Å²) in [5.41, 5.74) is 2.06. The number of aromatic nitrogens is 4. The predicted octanol–water partition coefficient (Wildman–Crippen LogP) is 5.56. The van der Waals surface area contributed by atoms with Gasteiger partial charge < -0.3 is 4.42 Å². The summed E-state index contributed by atoms with van der Waals surface area (Å²) in [4.78, 5) is 10.9. The molecule has 5 aromatic rings. The molecule has 0 spiro atoms. The summed E-state index contributed by atoms with van der Waals surface area (Å²) in [6.45, 7) is 0. The fourth-order valence-corrected chi connectivity index (χ4v) is 4.49. The first kappa shape index (κ1) is 16.2. The molecule has 5 nitrogen and oxygen atoms in total. The highest BCUT2D eigenvalue weighted by atomic mass is 32.2. The van der Waals surface area contributed by atoms with Crippen LogP contribution in [-0.4, -0.2) is 20.2 Å². The van der Waals surface area contributed by atoms with Gasteiger partial charge in [-0.1, -0.05) is 48.5 Å². The van der Waals surface area contributed by atoms with Crippen LogP contribution in [0, 0.1) is 0 Å². The van der Waals surface area contributed by atoms with Crippen molar-refractivity contribution in [2.45, 2.75) is 10.2 Å². The molecule has 2 aromatic carbocycles. The van der Waals surface area contributed by atoms with Crippen LogP contribution in [0.5, 0.6) is 0 Å². The number of hydrogen-bond donors (Lipinski definition) is 0. The van der Waals surface area contributed by atoms with Crippen LogP contribution >= 0.6 is 23.1 Å². The van der Waals surface area contributed by atoms with Crippen LogP contribution in [-0.2, 0) is 0 Å². The van der Waals surface area contributed by atoms with Crippen molar-refractivity contribution in [3.8, 4) is 21.9 Å². The van der Waals surface area contributed by atoms with Crippen LogP contribution < -0.4 is 0 Å². The molecule has 0 bridgehead atoms. The number of fused-ring (bicyclic) bond motifs is 1. The van der Waals surface area contributed by atoms with Crippen LogP contribution in [0.1, 0.15) is 0 Å². The molecule has 0 saturated heterocycles. The zero-order valence-electron chi connectivity index (χ0n) is 13.9. The topological polar surface area (TPSA) is 64.7 Å². The Morgan fingerprint density at radius 3 is 2.33 bits per heavy atom. The lowest BCUT2D eigenvalue weighted by Crippen LogP contribution is -1.83. The first-order valence-electron chi connectivity index (χ1n) is 8.23. The van der Waals surface area contributed by atoms with Crippen LogP contribution in [0.4, 0.5) is 0 Å². The van der Waals surface area contributed by atoms with Crippen LogP contribution in [0.15, 0.2) is 87.7 Å². The summed E-state index contributed by atoms with van der Waals surface area (Å²) in [7, 11) is 0. The zero-order chi connectivity index (χ0) is 18.1. The summed E-state index contributed by atoms with van der Waals surface area (Å²) < 4.78 is 5.80. The van der Waals surface area contributed by atoms with E-state index in [1.165, 1.54) is 17.3 Å². The third kappa shape index (κ3) is 3.22. The number of benzene rings is 2. The van der Waals surface area contributed by atoms with Gasteiger partial charge in [0, 0.05) is 15.8 Å². The summed E-state index contributed by atoms with van der Waals surface area (Å²) in [6.07, 6.45) is 1.57. The van der Waals surface area contributed by atoms with Gasteiger partial charge in [-0.2, -0.15) is 0 Å². The van der Waals surface area contributed by atoms with Crippen LogP contribution in [0.25, 0.3) is 32.1 Å². The second kappa shape index (κ2) is 6.94. The van der Waals surface area contributed by atoms with Crippen molar-refractivity contribution in [1.29, 1.82) is 0 Å². The zero-order valence-corrected chi connectivity index (χ0v) is 15.6. The highest BCUT2D eigenvalue weighted by Crippen LogP contribution is 2.38. The average molecular weight is 388 g/mol. The SMILES string of the molecule is c1ccc(-c2nnc(Sc3ncnc4sc(-c5ccccc5)cc34)o2)cc1. The third-order valence-electron chi connectivity index (χ3n) is 3.96. The molecular formula is C20H12N4OS2. The van der Waals surface area contributed by atoms with Gasteiger partial charge in [0.25, 0.3) is 5.22 Å². The maximum absolute atomic E-state index is 5.80. The van der Waals surface area contributed by atoms with Gasteiger partial charge in [0.1, 0.15) is 16.2 Å². The van der Waals surface area contributed by atoms with Crippen molar-refractivity contribution >= 4 is 33.3 Å². The van der Waals surface area contributed by atoms with E-state index in [-0.39, 0.29) is 0 Å². The van der Waals surface area contributed by atoms with Gasteiger partial charge >= 0.3 is 0 Å².